The van der Waals surface area contributed by atoms with Crippen LogP contribution in [0.2, 0.25) is 0 Å². The topological polar surface area (TPSA) is 18.1 Å². The summed E-state index contributed by atoms with van der Waals surface area (Å²) in [4.78, 5) is 0. The number of hydrogen-bond donors (Lipinski definition) is 0. The molecule has 56 heavy (non-hydrogen) atoms. The standard InChI is InChI=1S/C54H39NO/c1-54(2)47-22-21-42-41-9-5-6-10-51(41)56-53(42)52(47)43-20-18-39(30-48(43)54)55-49-23-16-35(33-12-11-31-7-3-4-8-32(31)25-33)27-45(49)46-28-36(17-24-50(46)55)34-15-19-40-37(26-34)13-14-38-29-44(38)40/h3-16,18-23,25-28,30,38,44H,17,24,29H2,1-2H3. The number of rotatable bonds is 3. The summed E-state index contributed by atoms with van der Waals surface area (Å²) < 4.78 is 9.19. The van der Waals surface area contributed by atoms with Gasteiger partial charge in [-0.2, -0.15) is 0 Å². The number of nitrogens with zero attached hydrogens (tertiary/aromatic N) is 1. The molecule has 266 valence electrons. The number of hydrogen-bond acceptors (Lipinski definition) is 1. The van der Waals surface area contributed by atoms with Crippen LogP contribution >= 0.6 is 0 Å². The third-order valence-electron chi connectivity index (χ3n) is 13.8. The Morgan fingerprint density at radius 2 is 1.50 bits per heavy atom. The molecule has 9 aromatic rings. The third kappa shape index (κ3) is 4.22. The average Bonchev–Trinajstić information content (AvgIpc) is 3.77. The maximum atomic E-state index is 6.62. The number of furan rings is 1. The van der Waals surface area contributed by atoms with Crippen LogP contribution in [0.15, 0.2) is 144 Å². The van der Waals surface area contributed by atoms with Gasteiger partial charge >= 0.3 is 0 Å². The van der Waals surface area contributed by atoms with E-state index in [1.54, 1.807) is 0 Å². The van der Waals surface area contributed by atoms with Crippen molar-refractivity contribution in [3.8, 4) is 27.9 Å². The zero-order valence-corrected chi connectivity index (χ0v) is 31.6. The highest BCUT2D eigenvalue weighted by Gasteiger charge is 2.40. The molecule has 0 aliphatic heterocycles. The van der Waals surface area contributed by atoms with Crippen molar-refractivity contribution in [1.82, 2.24) is 4.57 Å². The number of aromatic nitrogens is 1. The van der Waals surface area contributed by atoms with Crippen LogP contribution in [0.3, 0.4) is 0 Å². The second-order valence-electron chi connectivity index (χ2n) is 17.2. The zero-order chi connectivity index (χ0) is 36.9. The van der Waals surface area contributed by atoms with Gasteiger partial charge in [0.1, 0.15) is 11.2 Å². The Morgan fingerprint density at radius 3 is 2.45 bits per heavy atom. The van der Waals surface area contributed by atoms with E-state index in [4.69, 9.17) is 4.42 Å². The lowest BCUT2D eigenvalue weighted by Crippen LogP contribution is -2.15. The molecule has 2 heteroatoms. The first kappa shape index (κ1) is 30.9. The van der Waals surface area contributed by atoms with Crippen molar-refractivity contribution in [2.75, 3.05) is 0 Å². The lowest BCUT2D eigenvalue weighted by molar-refractivity contribution is 0.652. The van der Waals surface area contributed by atoms with E-state index in [0.29, 0.717) is 0 Å². The molecular weight excluding hydrogens is 679 g/mol. The van der Waals surface area contributed by atoms with E-state index in [2.05, 4.69) is 170 Å². The van der Waals surface area contributed by atoms with Crippen LogP contribution in [0.4, 0.5) is 0 Å². The molecule has 0 bridgehead atoms. The van der Waals surface area contributed by atoms with Gasteiger partial charge in [-0.25, -0.2) is 0 Å². The van der Waals surface area contributed by atoms with Crippen molar-refractivity contribution in [1.29, 1.82) is 0 Å². The molecule has 0 radical (unpaired) electrons. The van der Waals surface area contributed by atoms with Gasteiger partial charge in [0.15, 0.2) is 0 Å². The highest BCUT2D eigenvalue weighted by Crippen LogP contribution is 2.55. The Balaban J connectivity index is 1.00. The predicted octanol–water partition coefficient (Wildman–Crippen LogP) is 14.3. The summed E-state index contributed by atoms with van der Waals surface area (Å²) in [6.07, 6.45) is 10.6. The average molecular weight is 718 g/mol. The normalized spacial score (nSPS) is 18.5. The van der Waals surface area contributed by atoms with Crippen LogP contribution in [0, 0.1) is 5.92 Å². The fraction of sp³-hybridized carbons (Fsp3) is 0.148. The molecule has 4 aliphatic rings. The van der Waals surface area contributed by atoms with E-state index in [9.17, 15) is 0 Å². The number of para-hydroxylation sites is 1. The van der Waals surface area contributed by atoms with Crippen LogP contribution in [0.1, 0.15) is 71.7 Å². The summed E-state index contributed by atoms with van der Waals surface area (Å²) in [5, 5.41) is 6.22. The van der Waals surface area contributed by atoms with Gasteiger partial charge in [0.05, 0.1) is 5.52 Å². The van der Waals surface area contributed by atoms with Crippen LogP contribution in [0.25, 0.3) is 89.3 Å². The molecule has 2 atom stereocenters. The van der Waals surface area contributed by atoms with Gasteiger partial charge in [-0.3, -0.25) is 0 Å². The molecule has 1 fully saturated rings. The van der Waals surface area contributed by atoms with E-state index in [-0.39, 0.29) is 5.41 Å². The molecule has 7 aromatic carbocycles. The minimum absolute atomic E-state index is 0.172. The molecule has 2 heterocycles. The Hall–Kier alpha value is -6.38. The highest BCUT2D eigenvalue weighted by atomic mass is 16.3. The monoisotopic (exact) mass is 717 g/mol. The van der Waals surface area contributed by atoms with E-state index in [1.165, 1.54) is 111 Å². The Kier molecular flexibility index (Phi) is 6.01. The summed E-state index contributed by atoms with van der Waals surface area (Å²) in [5.74, 6) is 1.50. The third-order valence-corrected chi connectivity index (χ3v) is 13.8. The highest BCUT2D eigenvalue weighted by molar-refractivity contribution is 6.12. The van der Waals surface area contributed by atoms with Crippen molar-refractivity contribution >= 4 is 61.3 Å². The molecule has 1 saturated carbocycles. The van der Waals surface area contributed by atoms with Crippen molar-refractivity contribution in [2.24, 2.45) is 5.92 Å². The van der Waals surface area contributed by atoms with Crippen molar-refractivity contribution in [3.63, 3.8) is 0 Å². The second-order valence-corrected chi connectivity index (χ2v) is 17.2. The summed E-state index contributed by atoms with van der Waals surface area (Å²) in [7, 11) is 0. The molecule has 0 amide bonds. The van der Waals surface area contributed by atoms with E-state index >= 15 is 0 Å². The van der Waals surface area contributed by atoms with Gasteiger partial charge in [-0.1, -0.05) is 117 Å². The number of allylic oxidation sites excluding steroid dienone is 2. The largest absolute Gasteiger partial charge is 0.455 e. The first-order valence-electron chi connectivity index (χ1n) is 20.3. The van der Waals surface area contributed by atoms with Gasteiger partial charge in [-0.05, 0) is 140 Å². The first-order chi connectivity index (χ1) is 27.5. The quantitative estimate of drug-likeness (QED) is 0.178. The predicted molar refractivity (Wildman–Crippen MR) is 234 cm³/mol. The van der Waals surface area contributed by atoms with Crippen molar-refractivity contribution in [2.45, 2.75) is 44.4 Å². The summed E-state index contributed by atoms with van der Waals surface area (Å²) in [6, 6.07) is 50.2. The summed E-state index contributed by atoms with van der Waals surface area (Å²) in [6.45, 7) is 4.75. The number of fused-ring (bicyclic) bond motifs is 14. The Labute approximate surface area is 326 Å². The maximum Gasteiger partial charge on any atom is 0.143 e. The summed E-state index contributed by atoms with van der Waals surface area (Å²) in [5.41, 5.74) is 20.5. The molecular formula is C54H39NO. The van der Waals surface area contributed by atoms with Crippen molar-refractivity contribution in [3.05, 3.63) is 179 Å². The van der Waals surface area contributed by atoms with Crippen LogP contribution in [-0.4, -0.2) is 4.57 Å². The smallest absolute Gasteiger partial charge is 0.143 e. The van der Waals surface area contributed by atoms with Gasteiger partial charge in [0.2, 0.25) is 0 Å². The fourth-order valence-corrected chi connectivity index (χ4v) is 10.7. The van der Waals surface area contributed by atoms with Crippen LogP contribution < -0.4 is 0 Å². The van der Waals surface area contributed by atoms with Gasteiger partial charge in [0, 0.05) is 44.1 Å². The first-order valence-corrected chi connectivity index (χ1v) is 20.3. The molecule has 0 spiro atoms. The molecule has 2 unspecified atom stereocenters. The molecule has 13 rings (SSSR count). The second kappa shape index (κ2) is 10.9. The Bertz CT molecular complexity index is 3270. The molecule has 2 nitrogen and oxygen atoms in total. The van der Waals surface area contributed by atoms with Gasteiger partial charge in [-0.15, -0.1) is 0 Å². The lowest BCUT2D eigenvalue weighted by atomic mass is 9.82. The minimum atomic E-state index is -0.172. The van der Waals surface area contributed by atoms with E-state index in [1.807, 2.05) is 0 Å². The van der Waals surface area contributed by atoms with Crippen LogP contribution in [-0.2, 0) is 11.8 Å². The van der Waals surface area contributed by atoms with Gasteiger partial charge < -0.3 is 8.98 Å². The molecule has 4 aliphatic carbocycles. The molecule has 0 N–H and O–H groups in total. The zero-order valence-electron chi connectivity index (χ0n) is 31.6. The van der Waals surface area contributed by atoms with E-state index in [0.717, 1.165) is 35.8 Å². The van der Waals surface area contributed by atoms with Gasteiger partial charge in [0.25, 0.3) is 0 Å². The van der Waals surface area contributed by atoms with Crippen LogP contribution in [0.5, 0.6) is 0 Å². The Morgan fingerprint density at radius 1 is 0.661 bits per heavy atom. The van der Waals surface area contributed by atoms with Crippen molar-refractivity contribution < 1.29 is 4.42 Å². The lowest BCUT2D eigenvalue weighted by Gasteiger charge is -2.23. The van der Waals surface area contributed by atoms with E-state index < -0.39 is 0 Å². The molecule has 2 aromatic heterocycles. The SMILES string of the molecule is CC1(C)c2cc(-n3c4c(c5cc(-c6ccc7ccccc7c6)ccc53)C=C(c3ccc5c(c3)C=CC3CC53)CC4)ccc2-c2c1ccc1c2oc2ccccc21. The summed E-state index contributed by atoms with van der Waals surface area (Å²) >= 11 is 0. The molecule has 0 saturated heterocycles. The maximum absolute atomic E-state index is 6.62. The fourth-order valence-electron chi connectivity index (χ4n) is 10.7. The minimum Gasteiger partial charge on any atom is -0.455 e. The number of benzene rings is 7.